The summed E-state index contributed by atoms with van der Waals surface area (Å²) >= 11 is 6.62. The van der Waals surface area contributed by atoms with Crippen molar-refractivity contribution in [3.8, 4) is 5.75 Å². The summed E-state index contributed by atoms with van der Waals surface area (Å²) in [6, 6.07) is 28.0. The Balaban J connectivity index is 1.01. The van der Waals surface area contributed by atoms with Crippen LogP contribution < -0.4 is 4.90 Å². The number of halogens is 1. The molecule has 0 spiro atoms. The van der Waals surface area contributed by atoms with E-state index in [2.05, 4.69) is 28.2 Å². The summed E-state index contributed by atoms with van der Waals surface area (Å²) in [4.78, 5) is 35.4. The lowest BCUT2D eigenvalue weighted by molar-refractivity contribution is 0.00136. The summed E-state index contributed by atoms with van der Waals surface area (Å²) in [5.74, 6) is -0.177. The van der Waals surface area contributed by atoms with Crippen molar-refractivity contribution in [1.29, 1.82) is 0 Å². The normalized spacial score (nSPS) is 18.5. The highest BCUT2D eigenvalue weighted by molar-refractivity contribution is 6.30. The van der Waals surface area contributed by atoms with Gasteiger partial charge in [0.1, 0.15) is 11.9 Å². The number of carbonyl (C=O) groups is 2. The molecule has 55 heavy (non-hydrogen) atoms. The van der Waals surface area contributed by atoms with Crippen molar-refractivity contribution in [1.82, 2.24) is 24.1 Å². The molecule has 5 heterocycles. The van der Waals surface area contributed by atoms with Gasteiger partial charge in [0.15, 0.2) is 0 Å². The fourth-order valence-electron chi connectivity index (χ4n) is 8.25. The number of benzene rings is 4. The van der Waals surface area contributed by atoms with Gasteiger partial charge in [-0.05, 0) is 89.8 Å². The number of aromatic nitrogens is 3. The van der Waals surface area contributed by atoms with Crippen LogP contribution in [0.5, 0.6) is 5.75 Å². The Morgan fingerprint density at radius 1 is 0.927 bits per heavy atom. The summed E-state index contributed by atoms with van der Waals surface area (Å²) in [5, 5.41) is 15.8. The first-order valence-electron chi connectivity index (χ1n) is 18.6. The first-order valence-corrected chi connectivity index (χ1v) is 19.0. The van der Waals surface area contributed by atoms with E-state index in [1.807, 2.05) is 65.2 Å². The molecular formula is C43H41ClN6O5. The first-order chi connectivity index (χ1) is 26.8. The third-order valence-electron chi connectivity index (χ3n) is 11.2. The van der Waals surface area contributed by atoms with E-state index < -0.39 is 6.10 Å². The summed E-state index contributed by atoms with van der Waals surface area (Å²) in [6.45, 7) is 4.93. The van der Waals surface area contributed by atoms with Crippen LogP contribution in [0.15, 0.2) is 103 Å². The molecule has 9 rings (SSSR count). The van der Waals surface area contributed by atoms with Crippen molar-refractivity contribution in [2.24, 2.45) is 7.05 Å². The predicted molar refractivity (Wildman–Crippen MR) is 210 cm³/mol. The van der Waals surface area contributed by atoms with Crippen molar-refractivity contribution in [2.75, 3.05) is 37.7 Å². The molecule has 0 bridgehead atoms. The molecule has 2 aromatic heterocycles. The van der Waals surface area contributed by atoms with Gasteiger partial charge in [-0.25, -0.2) is 0 Å². The van der Waals surface area contributed by atoms with Gasteiger partial charge in [0, 0.05) is 67.1 Å². The number of rotatable bonds is 7. The fraction of sp³-hybridized carbons (Fsp3) is 0.279. The number of hydrogen-bond acceptors (Lipinski definition) is 7. The SMILES string of the molecule is Cn1ncc2cc(N(C(=O)c3ccn4c3COC(c3cc(Cl)ccc3C(=O)N3Cc5ccccc5C[C@H]3CN3CCOCC3)C4)c3ccc(O)cc3)ccc21. The zero-order chi connectivity index (χ0) is 37.6. The maximum absolute atomic E-state index is 14.7. The van der Waals surface area contributed by atoms with Crippen molar-refractivity contribution < 1.29 is 24.2 Å². The number of morpholine rings is 1. The largest absolute Gasteiger partial charge is 0.508 e. The van der Waals surface area contributed by atoms with Crippen LogP contribution in [0.2, 0.25) is 5.02 Å². The Bertz CT molecular complexity index is 2400. The lowest BCUT2D eigenvalue weighted by Gasteiger charge is -2.41. The van der Waals surface area contributed by atoms with Gasteiger partial charge in [-0.15, -0.1) is 0 Å². The minimum absolute atomic E-state index is 0.00341. The number of aryl methyl sites for hydroxylation is 1. The Morgan fingerprint density at radius 2 is 1.71 bits per heavy atom. The number of anilines is 2. The zero-order valence-electron chi connectivity index (χ0n) is 30.5. The van der Waals surface area contributed by atoms with Gasteiger partial charge in [0.05, 0.1) is 55.0 Å². The quantitative estimate of drug-likeness (QED) is 0.189. The van der Waals surface area contributed by atoms with Gasteiger partial charge in [0.25, 0.3) is 11.8 Å². The average Bonchev–Trinajstić information content (AvgIpc) is 3.81. The van der Waals surface area contributed by atoms with E-state index in [9.17, 15) is 14.7 Å². The fourth-order valence-corrected chi connectivity index (χ4v) is 8.43. The number of nitrogens with zero attached hydrogens (tertiary/aromatic N) is 6. The first kappa shape index (κ1) is 35.3. The van der Waals surface area contributed by atoms with Gasteiger partial charge in [-0.2, -0.15) is 5.10 Å². The number of amides is 2. The van der Waals surface area contributed by atoms with Gasteiger partial charge < -0.3 is 24.0 Å². The van der Waals surface area contributed by atoms with Gasteiger partial charge >= 0.3 is 0 Å². The maximum Gasteiger partial charge on any atom is 0.264 e. The molecular weight excluding hydrogens is 716 g/mol. The monoisotopic (exact) mass is 756 g/mol. The highest BCUT2D eigenvalue weighted by atomic mass is 35.5. The van der Waals surface area contributed by atoms with E-state index >= 15 is 0 Å². The van der Waals surface area contributed by atoms with E-state index in [1.165, 1.54) is 5.56 Å². The molecule has 2 atom stereocenters. The smallest absolute Gasteiger partial charge is 0.264 e. The highest BCUT2D eigenvalue weighted by Crippen LogP contribution is 2.37. The topological polar surface area (TPSA) is 105 Å². The molecule has 1 fully saturated rings. The number of carbonyl (C=O) groups excluding carboxylic acids is 2. The highest BCUT2D eigenvalue weighted by Gasteiger charge is 2.35. The second kappa shape index (κ2) is 14.6. The maximum atomic E-state index is 14.7. The molecule has 11 nitrogen and oxygen atoms in total. The minimum atomic E-state index is -0.475. The van der Waals surface area contributed by atoms with Crippen LogP contribution in [-0.2, 0) is 42.6 Å². The van der Waals surface area contributed by atoms with Crippen LogP contribution in [0, 0.1) is 0 Å². The molecule has 4 aromatic carbocycles. The summed E-state index contributed by atoms with van der Waals surface area (Å²) in [5.41, 5.74) is 7.19. The molecule has 0 radical (unpaired) electrons. The molecule has 0 aliphatic carbocycles. The van der Waals surface area contributed by atoms with E-state index in [1.54, 1.807) is 46.1 Å². The zero-order valence-corrected chi connectivity index (χ0v) is 31.2. The molecule has 6 aromatic rings. The van der Waals surface area contributed by atoms with Crippen molar-refractivity contribution >= 4 is 45.7 Å². The van der Waals surface area contributed by atoms with Crippen molar-refractivity contribution in [3.63, 3.8) is 0 Å². The van der Waals surface area contributed by atoms with Gasteiger partial charge in [-0.1, -0.05) is 35.9 Å². The molecule has 280 valence electrons. The van der Waals surface area contributed by atoms with Crippen LogP contribution in [0.1, 0.15) is 49.2 Å². The Hall–Kier alpha value is -5.46. The van der Waals surface area contributed by atoms with Crippen LogP contribution in [0.3, 0.4) is 0 Å². The van der Waals surface area contributed by atoms with E-state index in [0.717, 1.165) is 53.8 Å². The second-order valence-electron chi connectivity index (χ2n) is 14.5. The number of phenolic OH excluding ortho intramolecular Hbond substituents is 1. The second-order valence-corrected chi connectivity index (χ2v) is 14.9. The molecule has 12 heteroatoms. The number of ether oxygens (including phenoxy) is 2. The van der Waals surface area contributed by atoms with Gasteiger partial charge in [0.2, 0.25) is 0 Å². The Morgan fingerprint density at radius 3 is 2.53 bits per heavy atom. The summed E-state index contributed by atoms with van der Waals surface area (Å²) < 4.78 is 16.0. The van der Waals surface area contributed by atoms with E-state index in [4.69, 9.17) is 21.1 Å². The third kappa shape index (κ3) is 6.78. The minimum Gasteiger partial charge on any atom is -0.508 e. The molecule has 3 aliphatic rings. The third-order valence-corrected chi connectivity index (χ3v) is 11.4. The molecule has 1 saturated heterocycles. The van der Waals surface area contributed by atoms with E-state index in [0.29, 0.717) is 53.8 Å². The molecule has 1 unspecified atom stereocenters. The lowest BCUT2D eigenvalue weighted by Crippen LogP contribution is -2.52. The Labute approximate surface area is 323 Å². The Kier molecular flexibility index (Phi) is 9.39. The van der Waals surface area contributed by atoms with Gasteiger partial charge in [-0.3, -0.25) is 24.1 Å². The van der Waals surface area contributed by atoms with Crippen molar-refractivity contribution in [2.45, 2.75) is 38.3 Å². The molecule has 3 aliphatic heterocycles. The molecule has 0 saturated carbocycles. The number of hydrogen-bond donors (Lipinski definition) is 1. The number of aromatic hydroxyl groups is 1. The molecule has 1 N–H and O–H groups in total. The van der Waals surface area contributed by atoms with Crippen LogP contribution in [0.25, 0.3) is 10.9 Å². The van der Waals surface area contributed by atoms with Crippen LogP contribution in [0.4, 0.5) is 11.4 Å². The average molecular weight is 757 g/mol. The standard InChI is InChI=1S/C43H41ClN6O5/c1-46-39-13-9-33(21-30(39)23-45-46)50(32-7-10-35(51)11-8-32)43(53)37-14-15-48-26-41(55-27-40(37)48)38-22-31(44)6-12-36(38)42(52)49-24-29-5-3-2-4-28(29)20-34(49)25-47-16-18-54-19-17-47/h2-15,21-23,34,41,51H,16-20,24-27H2,1H3/t34-,41?/m0/s1. The van der Waals surface area contributed by atoms with Crippen molar-refractivity contribution in [3.05, 3.63) is 142 Å². The predicted octanol–water partition coefficient (Wildman–Crippen LogP) is 6.88. The van der Waals surface area contributed by atoms with Crippen LogP contribution >= 0.6 is 11.6 Å². The lowest BCUT2D eigenvalue weighted by atomic mass is 9.91. The van der Waals surface area contributed by atoms with E-state index in [-0.39, 0.29) is 30.2 Å². The summed E-state index contributed by atoms with van der Waals surface area (Å²) in [6.07, 6.45) is 3.98. The molecule has 2 amide bonds. The summed E-state index contributed by atoms with van der Waals surface area (Å²) in [7, 11) is 1.88. The number of fused-ring (bicyclic) bond motifs is 3. The number of phenols is 1. The van der Waals surface area contributed by atoms with Crippen LogP contribution in [-0.4, -0.2) is 80.0 Å².